The first kappa shape index (κ1) is 17.0. The van der Waals surface area contributed by atoms with Crippen molar-refractivity contribution in [3.8, 4) is 5.75 Å². The zero-order valence-electron chi connectivity index (χ0n) is 14.7. The highest BCUT2D eigenvalue weighted by Gasteiger charge is 2.38. The molecule has 0 aromatic heterocycles. The van der Waals surface area contributed by atoms with Crippen LogP contribution in [0.2, 0.25) is 0 Å². The van der Waals surface area contributed by atoms with Crippen LogP contribution < -0.4 is 10.1 Å². The first-order valence-electron chi connectivity index (χ1n) is 9.21. The van der Waals surface area contributed by atoms with Gasteiger partial charge in [-0.05, 0) is 55.6 Å². The summed E-state index contributed by atoms with van der Waals surface area (Å²) in [5.74, 6) is 0.267. The fourth-order valence-corrected chi connectivity index (χ4v) is 3.98. The number of fused-ring (bicyclic) bond motifs is 2. The summed E-state index contributed by atoms with van der Waals surface area (Å²) in [6.45, 7) is 2.16. The van der Waals surface area contributed by atoms with E-state index in [4.69, 9.17) is 4.74 Å². The Kier molecular flexibility index (Phi) is 4.89. The molecule has 2 unspecified atom stereocenters. The van der Waals surface area contributed by atoms with Crippen LogP contribution in [0.1, 0.15) is 35.2 Å². The van der Waals surface area contributed by atoms with Crippen LogP contribution in [0.3, 0.4) is 0 Å². The van der Waals surface area contributed by atoms with Crippen molar-refractivity contribution in [2.45, 2.75) is 38.0 Å². The number of ether oxygens (including phenoxy) is 1. The quantitative estimate of drug-likeness (QED) is 0.915. The number of nitrogens with one attached hydrogen (secondary N) is 1. The van der Waals surface area contributed by atoms with E-state index in [1.54, 1.807) is 12.1 Å². The molecule has 2 aliphatic heterocycles. The molecule has 2 atom stereocenters. The third-order valence-electron chi connectivity index (χ3n) is 5.26. The zero-order chi connectivity index (χ0) is 17.9. The number of rotatable bonds is 4. The predicted octanol–water partition coefficient (Wildman–Crippen LogP) is 3.37. The van der Waals surface area contributed by atoms with Crippen molar-refractivity contribution in [1.29, 1.82) is 0 Å². The standard InChI is InChI=1S/C21H23FN2O2/c22-17-5-2-6-20(12-17)26-14-15-3-1-4-16(11-15)21(25)24-18-7-8-19(24)13-23-10-9-18/h1-6,11-12,18-19,23H,7-10,13-14H2. The Labute approximate surface area is 153 Å². The molecule has 0 saturated carbocycles. The molecule has 0 aliphatic carbocycles. The number of halogens is 1. The van der Waals surface area contributed by atoms with Crippen LogP contribution in [0.5, 0.6) is 5.75 Å². The van der Waals surface area contributed by atoms with Gasteiger partial charge in [-0.15, -0.1) is 0 Å². The molecule has 0 spiro atoms. The molecular formula is C21H23FN2O2. The van der Waals surface area contributed by atoms with Gasteiger partial charge < -0.3 is 15.0 Å². The fourth-order valence-electron chi connectivity index (χ4n) is 3.98. The molecule has 0 radical (unpaired) electrons. The van der Waals surface area contributed by atoms with E-state index >= 15 is 0 Å². The van der Waals surface area contributed by atoms with Gasteiger partial charge in [0.05, 0.1) is 0 Å². The molecule has 2 fully saturated rings. The van der Waals surface area contributed by atoms with Crippen molar-refractivity contribution in [1.82, 2.24) is 10.2 Å². The molecule has 2 aromatic carbocycles. The zero-order valence-corrected chi connectivity index (χ0v) is 14.7. The number of carbonyl (C=O) groups excluding carboxylic acids is 1. The minimum absolute atomic E-state index is 0.105. The second-order valence-electron chi connectivity index (χ2n) is 7.04. The maximum Gasteiger partial charge on any atom is 0.254 e. The lowest BCUT2D eigenvalue weighted by molar-refractivity contribution is 0.0680. The highest BCUT2D eigenvalue weighted by molar-refractivity contribution is 5.95. The second kappa shape index (κ2) is 7.46. The number of hydrogen-bond acceptors (Lipinski definition) is 3. The SMILES string of the molecule is O=C(c1cccc(COc2cccc(F)c2)c1)N1C2CCNCC1CC2. The summed E-state index contributed by atoms with van der Waals surface area (Å²) in [5.41, 5.74) is 1.60. The van der Waals surface area contributed by atoms with Crippen molar-refractivity contribution < 1.29 is 13.9 Å². The number of nitrogens with zero attached hydrogens (tertiary/aromatic N) is 1. The van der Waals surface area contributed by atoms with E-state index in [1.807, 2.05) is 24.3 Å². The maximum atomic E-state index is 13.2. The Balaban J connectivity index is 1.47. The van der Waals surface area contributed by atoms with Gasteiger partial charge in [-0.25, -0.2) is 4.39 Å². The van der Waals surface area contributed by atoms with E-state index in [0.29, 0.717) is 30.0 Å². The van der Waals surface area contributed by atoms with E-state index in [9.17, 15) is 9.18 Å². The molecule has 136 valence electrons. The van der Waals surface area contributed by atoms with Crippen LogP contribution in [0.4, 0.5) is 4.39 Å². The molecule has 5 heteroatoms. The second-order valence-corrected chi connectivity index (χ2v) is 7.04. The summed E-state index contributed by atoms with van der Waals surface area (Å²) in [5, 5.41) is 3.42. The highest BCUT2D eigenvalue weighted by atomic mass is 19.1. The average Bonchev–Trinajstić information content (AvgIpc) is 2.92. The van der Waals surface area contributed by atoms with Gasteiger partial charge in [0, 0.05) is 30.3 Å². The van der Waals surface area contributed by atoms with Gasteiger partial charge in [-0.1, -0.05) is 18.2 Å². The van der Waals surface area contributed by atoms with Crippen LogP contribution in [-0.4, -0.2) is 36.0 Å². The number of hydrogen-bond donors (Lipinski definition) is 1. The lowest BCUT2D eigenvalue weighted by atomic mass is 10.1. The van der Waals surface area contributed by atoms with E-state index < -0.39 is 0 Å². The first-order chi connectivity index (χ1) is 12.7. The minimum Gasteiger partial charge on any atom is -0.489 e. The van der Waals surface area contributed by atoms with Gasteiger partial charge in [0.15, 0.2) is 0 Å². The van der Waals surface area contributed by atoms with Crippen molar-refractivity contribution in [2.24, 2.45) is 0 Å². The summed E-state index contributed by atoms with van der Waals surface area (Å²) in [7, 11) is 0. The Morgan fingerprint density at radius 1 is 1.12 bits per heavy atom. The van der Waals surface area contributed by atoms with Crippen LogP contribution >= 0.6 is 0 Å². The van der Waals surface area contributed by atoms with Gasteiger partial charge in [0.25, 0.3) is 5.91 Å². The Morgan fingerprint density at radius 2 is 1.96 bits per heavy atom. The van der Waals surface area contributed by atoms with Crippen LogP contribution in [0.25, 0.3) is 0 Å². The summed E-state index contributed by atoms with van der Waals surface area (Å²) in [6.07, 6.45) is 3.19. The van der Waals surface area contributed by atoms with E-state index in [2.05, 4.69) is 10.2 Å². The van der Waals surface area contributed by atoms with Crippen LogP contribution in [0.15, 0.2) is 48.5 Å². The molecule has 4 nitrogen and oxygen atoms in total. The summed E-state index contributed by atoms with van der Waals surface area (Å²) >= 11 is 0. The lowest BCUT2D eigenvalue weighted by Gasteiger charge is -2.28. The van der Waals surface area contributed by atoms with Gasteiger partial charge in [0.2, 0.25) is 0 Å². The topological polar surface area (TPSA) is 41.6 Å². The smallest absolute Gasteiger partial charge is 0.254 e. The maximum absolute atomic E-state index is 13.2. The molecule has 2 saturated heterocycles. The van der Waals surface area contributed by atoms with Crippen LogP contribution in [0, 0.1) is 5.82 Å². The first-order valence-corrected chi connectivity index (χ1v) is 9.21. The monoisotopic (exact) mass is 354 g/mol. The largest absolute Gasteiger partial charge is 0.489 e. The average molecular weight is 354 g/mol. The summed E-state index contributed by atoms with van der Waals surface area (Å²) < 4.78 is 18.9. The van der Waals surface area contributed by atoms with E-state index in [0.717, 1.165) is 37.9 Å². The molecule has 2 aromatic rings. The molecule has 26 heavy (non-hydrogen) atoms. The van der Waals surface area contributed by atoms with E-state index in [1.165, 1.54) is 12.1 Å². The van der Waals surface area contributed by atoms with Crippen LogP contribution in [-0.2, 0) is 6.61 Å². The van der Waals surface area contributed by atoms with Gasteiger partial charge in [-0.2, -0.15) is 0 Å². The molecular weight excluding hydrogens is 331 g/mol. The Morgan fingerprint density at radius 3 is 2.85 bits per heavy atom. The van der Waals surface area contributed by atoms with Gasteiger partial charge in [0.1, 0.15) is 18.2 Å². The molecule has 1 amide bonds. The molecule has 1 N–H and O–H groups in total. The Bertz CT molecular complexity index is 781. The van der Waals surface area contributed by atoms with E-state index in [-0.39, 0.29) is 11.7 Å². The molecule has 2 aliphatic rings. The van der Waals surface area contributed by atoms with Crippen molar-refractivity contribution in [3.05, 3.63) is 65.5 Å². The Hall–Kier alpha value is -2.40. The number of carbonyl (C=O) groups is 1. The highest BCUT2D eigenvalue weighted by Crippen LogP contribution is 2.29. The fraction of sp³-hybridized carbons (Fsp3) is 0.381. The number of amides is 1. The van der Waals surface area contributed by atoms with Crippen molar-refractivity contribution >= 4 is 5.91 Å². The van der Waals surface area contributed by atoms with Gasteiger partial charge in [-0.3, -0.25) is 4.79 Å². The van der Waals surface area contributed by atoms with Crippen molar-refractivity contribution in [2.75, 3.05) is 13.1 Å². The third kappa shape index (κ3) is 3.58. The summed E-state index contributed by atoms with van der Waals surface area (Å²) in [6, 6.07) is 14.3. The normalized spacial score (nSPS) is 22.1. The molecule has 4 rings (SSSR count). The van der Waals surface area contributed by atoms with Crippen molar-refractivity contribution in [3.63, 3.8) is 0 Å². The third-order valence-corrected chi connectivity index (χ3v) is 5.26. The lowest BCUT2D eigenvalue weighted by Crippen LogP contribution is -2.42. The molecule has 2 bridgehead atoms. The summed E-state index contributed by atoms with van der Waals surface area (Å²) in [4.78, 5) is 15.2. The minimum atomic E-state index is -0.323. The van der Waals surface area contributed by atoms with Gasteiger partial charge >= 0.3 is 0 Å². The predicted molar refractivity (Wildman–Crippen MR) is 97.6 cm³/mol. The molecule has 2 heterocycles. The number of benzene rings is 2.